The van der Waals surface area contributed by atoms with Crippen LogP contribution in [-0.4, -0.2) is 49.9 Å². The monoisotopic (exact) mass is 292 g/mol. The molecule has 1 fully saturated rings. The van der Waals surface area contributed by atoms with E-state index in [1.807, 2.05) is 12.0 Å². The Hall–Kier alpha value is -1.10. The second-order valence-corrected chi connectivity index (χ2v) is 5.78. The van der Waals surface area contributed by atoms with Crippen LogP contribution in [0.25, 0.3) is 0 Å². The number of aryl methyl sites for hydroxylation is 1. The van der Waals surface area contributed by atoms with Gasteiger partial charge in [-0.25, -0.2) is 0 Å². The first-order chi connectivity index (χ1) is 10.1. The second kappa shape index (κ2) is 7.78. The van der Waals surface area contributed by atoms with E-state index < -0.39 is 0 Å². The van der Waals surface area contributed by atoms with E-state index in [0.717, 1.165) is 32.0 Å². The summed E-state index contributed by atoms with van der Waals surface area (Å²) in [4.78, 5) is 7.76. The van der Waals surface area contributed by atoms with E-state index in [9.17, 15) is 0 Å². The summed E-state index contributed by atoms with van der Waals surface area (Å²) in [5.74, 6) is 0.967. The first-order valence-electron chi connectivity index (χ1n) is 7.85. The molecular formula is C17H28N2O2. The molecule has 4 heteroatoms. The largest absolute Gasteiger partial charge is 0.494 e. The molecule has 0 unspecified atom stereocenters. The number of piperidine rings is 1. The summed E-state index contributed by atoms with van der Waals surface area (Å²) in [6.45, 7) is 7.94. The third kappa shape index (κ3) is 4.43. The van der Waals surface area contributed by atoms with Gasteiger partial charge in [-0.05, 0) is 57.0 Å². The molecule has 0 aliphatic carbocycles. The van der Waals surface area contributed by atoms with E-state index >= 15 is 0 Å². The van der Waals surface area contributed by atoms with Crippen LogP contribution >= 0.6 is 0 Å². The average Bonchev–Trinajstić information content (AvgIpc) is 2.50. The zero-order chi connectivity index (χ0) is 15.2. The van der Waals surface area contributed by atoms with Crippen molar-refractivity contribution in [3.05, 3.63) is 29.3 Å². The lowest BCUT2D eigenvalue weighted by Gasteiger charge is -2.35. The third-order valence-electron chi connectivity index (χ3n) is 4.35. The molecule has 1 heterocycles. The molecule has 1 aliphatic rings. The molecule has 1 aromatic carbocycles. The topological polar surface area (TPSA) is 24.9 Å². The molecule has 0 radical (unpaired) electrons. The number of hydroxylamine groups is 2. The predicted octanol–water partition coefficient (Wildman–Crippen LogP) is 2.85. The van der Waals surface area contributed by atoms with Crippen LogP contribution < -0.4 is 4.74 Å². The van der Waals surface area contributed by atoms with Gasteiger partial charge in [-0.1, -0.05) is 6.07 Å². The van der Waals surface area contributed by atoms with Gasteiger partial charge < -0.3 is 9.57 Å². The molecule has 1 aromatic rings. The van der Waals surface area contributed by atoms with E-state index in [1.54, 1.807) is 7.11 Å². The average molecular weight is 292 g/mol. The van der Waals surface area contributed by atoms with Crippen molar-refractivity contribution in [1.29, 1.82) is 0 Å². The number of benzene rings is 1. The third-order valence-corrected chi connectivity index (χ3v) is 4.35. The molecule has 0 amide bonds. The molecule has 2 rings (SSSR count). The molecule has 4 nitrogen and oxygen atoms in total. The highest BCUT2D eigenvalue weighted by Crippen LogP contribution is 2.21. The van der Waals surface area contributed by atoms with Gasteiger partial charge in [-0.15, -0.1) is 0 Å². The van der Waals surface area contributed by atoms with Crippen LogP contribution in [0.4, 0.5) is 0 Å². The highest BCUT2D eigenvalue weighted by molar-refractivity contribution is 5.34. The van der Waals surface area contributed by atoms with Crippen LogP contribution in [0.5, 0.6) is 5.75 Å². The van der Waals surface area contributed by atoms with Gasteiger partial charge in [-0.2, -0.15) is 5.06 Å². The minimum atomic E-state index is 0.641. The van der Waals surface area contributed by atoms with E-state index in [0.29, 0.717) is 6.04 Å². The summed E-state index contributed by atoms with van der Waals surface area (Å²) >= 11 is 0. The van der Waals surface area contributed by atoms with E-state index in [1.165, 1.54) is 24.0 Å². The normalized spacial score (nSPS) is 17.4. The molecule has 1 aliphatic heterocycles. The van der Waals surface area contributed by atoms with Gasteiger partial charge in [-0.3, -0.25) is 4.90 Å². The molecule has 1 saturated heterocycles. The van der Waals surface area contributed by atoms with Crippen LogP contribution in [0.15, 0.2) is 18.2 Å². The number of ether oxygens (including phenoxy) is 1. The van der Waals surface area contributed by atoms with Gasteiger partial charge in [0.25, 0.3) is 0 Å². The van der Waals surface area contributed by atoms with Crippen LogP contribution in [-0.2, 0) is 11.4 Å². The van der Waals surface area contributed by atoms with Crippen molar-refractivity contribution in [3.8, 4) is 5.75 Å². The fourth-order valence-electron chi connectivity index (χ4n) is 2.97. The molecule has 0 aromatic heterocycles. The quantitative estimate of drug-likeness (QED) is 0.805. The van der Waals surface area contributed by atoms with Gasteiger partial charge >= 0.3 is 0 Å². The Morgan fingerprint density at radius 3 is 2.57 bits per heavy atom. The predicted molar refractivity (Wildman–Crippen MR) is 85.4 cm³/mol. The molecular weight excluding hydrogens is 264 g/mol. The zero-order valence-corrected chi connectivity index (χ0v) is 13.8. The Balaban J connectivity index is 1.92. The molecule has 21 heavy (non-hydrogen) atoms. The molecule has 0 spiro atoms. The van der Waals surface area contributed by atoms with Crippen molar-refractivity contribution in [1.82, 2.24) is 9.96 Å². The first kappa shape index (κ1) is 16.3. The van der Waals surface area contributed by atoms with E-state index in [4.69, 9.17) is 9.57 Å². The van der Waals surface area contributed by atoms with Crippen molar-refractivity contribution >= 4 is 0 Å². The highest BCUT2D eigenvalue weighted by atomic mass is 16.7. The fraction of sp³-hybridized carbons (Fsp3) is 0.647. The van der Waals surface area contributed by atoms with Crippen molar-refractivity contribution in [2.45, 2.75) is 39.3 Å². The standard InChI is InChI=1S/C17H28N2O2/c1-5-21-17-7-6-15(14(2)12-17)13-18(3)16-8-10-19(20-4)11-9-16/h6-7,12,16H,5,8-11,13H2,1-4H3. The van der Waals surface area contributed by atoms with E-state index in [-0.39, 0.29) is 0 Å². The summed E-state index contributed by atoms with van der Waals surface area (Å²) < 4.78 is 5.55. The fourth-order valence-corrected chi connectivity index (χ4v) is 2.97. The number of rotatable bonds is 6. The van der Waals surface area contributed by atoms with Crippen LogP contribution in [0.3, 0.4) is 0 Å². The van der Waals surface area contributed by atoms with Crippen LogP contribution in [0.1, 0.15) is 30.9 Å². The zero-order valence-electron chi connectivity index (χ0n) is 13.8. The van der Waals surface area contributed by atoms with Gasteiger partial charge in [0, 0.05) is 25.7 Å². The number of nitrogens with zero attached hydrogens (tertiary/aromatic N) is 2. The molecule has 0 bridgehead atoms. The molecule has 0 saturated carbocycles. The Kier molecular flexibility index (Phi) is 6.03. The molecule has 0 N–H and O–H groups in total. The first-order valence-corrected chi connectivity index (χ1v) is 7.85. The van der Waals surface area contributed by atoms with Crippen molar-refractivity contribution in [3.63, 3.8) is 0 Å². The minimum Gasteiger partial charge on any atom is -0.494 e. The number of hydrogen-bond donors (Lipinski definition) is 0. The lowest BCUT2D eigenvalue weighted by atomic mass is 10.0. The van der Waals surface area contributed by atoms with Crippen molar-refractivity contribution in [2.24, 2.45) is 0 Å². The van der Waals surface area contributed by atoms with Gasteiger partial charge in [0.2, 0.25) is 0 Å². The summed E-state index contributed by atoms with van der Waals surface area (Å²) in [7, 11) is 3.98. The Labute approximate surface area is 128 Å². The summed E-state index contributed by atoms with van der Waals surface area (Å²) in [6.07, 6.45) is 2.33. The SMILES string of the molecule is CCOc1ccc(CN(C)C2CCN(OC)CC2)c(C)c1. The van der Waals surface area contributed by atoms with Crippen LogP contribution in [0.2, 0.25) is 0 Å². The van der Waals surface area contributed by atoms with Crippen LogP contribution in [0, 0.1) is 6.92 Å². The lowest BCUT2D eigenvalue weighted by molar-refractivity contribution is -0.149. The maximum absolute atomic E-state index is 5.55. The van der Waals surface area contributed by atoms with E-state index in [2.05, 4.69) is 37.1 Å². The van der Waals surface area contributed by atoms with Gasteiger partial charge in [0.15, 0.2) is 0 Å². The second-order valence-electron chi connectivity index (χ2n) is 5.78. The number of hydrogen-bond acceptors (Lipinski definition) is 4. The highest BCUT2D eigenvalue weighted by Gasteiger charge is 2.22. The molecule has 0 atom stereocenters. The summed E-state index contributed by atoms with van der Waals surface area (Å²) in [5.41, 5.74) is 2.69. The Morgan fingerprint density at radius 2 is 2.00 bits per heavy atom. The maximum atomic E-state index is 5.55. The van der Waals surface area contributed by atoms with Crippen molar-refractivity contribution in [2.75, 3.05) is 33.9 Å². The Morgan fingerprint density at radius 1 is 1.29 bits per heavy atom. The molecule has 118 valence electrons. The maximum Gasteiger partial charge on any atom is 0.119 e. The van der Waals surface area contributed by atoms with Gasteiger partial charge in [0.05, 0.1) is 13.7 Å². The van der Waals surface area contributed by atoms with Gasteiger partial charge in [0.1, 0.15) is 5.75 Å². The summed E-state index contributed by atoms with van der Waals surface area (Å²) in [5, 5.41) is 2.05. The minimum absolute atomic E-state index is 0.641. The lowest BCUT2D eigenvalue weighted by Crippen LogP contribution is -2.42. The summed E-state index contributed by atoms with van der Waals surface area (Å²) in [6, 6.07) is 7.05. The Bertz CT molecular complexity index is 442. The van der Waals surface area contributed by atoms with Crippen molar-refractivity contribution < 1.29 is 9.57 Å². The smallest absolute Gasteiger partial charge is 0.119 e.